The van der Waals surface area contributed by atoms with Crippen LogP contribution in [0, 0.1) is 0 Å². The normalized spacial score (nSPS) is 10.3. The molecule has 0 bridgehead atoms. The third kappa shape index (κ3) is 2.93. The molecule has 0 radical (unpaired) electrons. The van der Waals surface area contributed by atoms with Gasteiger partial charge in [-0.25, -0.2) is 0 Å². The summed E-state index contributed by atoms with van der Waals surface area (Å²) in [5, 5.41) is 19.4. The van der Waals surface area contributed by atoms with Gasteiger partial charge in [0.25, 0.3) is 5.91 Å². The van der Waals surface area contributed by atoms with Gasteiger partial charge in [-0.2, -0.15) is 0 Å². The first kappa shape index (κ1) is 14.4. The zero-order chi connectivity index (χ0) is 14.7. The van der Waals surface area contributed by atoms with Crippen LogP contribution in [0.5, 0.6) is 11.5 Å². The lowest BCUT2D eigenvalue weighted by molar-refractivity contribution is 0.0778. The summed E-state index contributed by atoms with van der Waals surface area (Å²) in [5.41, 5.74) is 0.861. The molecule has 1 amide bonds. The number of rotatable bonds is 3. The summed E-state index contributed by atoms with van der Waals surface area (Å²) in [6, 6.07) is 11.8. The highest BCUT2D eigenvalue weighted by Gasteiger charge is 2.20. The first-order chi connectivity index (χ1) is 9.50. The maximum Gasteiger partial charge on any atom is 0.261 e. The van der Waals surface area contributed by atoms with E-state index in [4.69, 9.17) is 0 Å². The van der Waals surface area contributed by atoms with Gasteiger partial charge in [-0.15, -0.1) is 0 Å². The Morgan fingerprint density at radius 3 is 2.30 bits per heavy atom. The predicted octanol–water partition coefficient (Wildman–Crippen LogP) is 3.13. The van der Waals surface area contributed by atoms with Crippen LogP contribution in [0.15, 0.2) is 46.9 Å². The molecule has 2 N–H and O–H groups in total. The van der Waals surface area contributed by atoms with E-state index < -0.39 is 5.91 Å². The van der Waals surface area contributed by atoms with E-state index in [1.54, 1.807) is 7.05 Å². The molecule has 2 aromatic rings. The molecule has 0 atom stereocenters. The number of phenols is 2. The average molecular weight is 336 g/mol. The van der Waals surface area contributed by atoms with Crippen molar-refractivity contribution in [1.29, 1.82) is 0 Å². The lowest BCUT2D eigenvalue weighted by Crippen LogP contribution is -2.26. The van der Waals surface area contributed by atoms with Crippen molar-refractivity contribution in [2.24, 2.45) is 0 Å². The highest BCUT2D eigenvalue weighted by atomic mass is 79.9. The number of halogens is 1. The smallest absolute Gasteiger partial charge is 0.261 e. The van der Waals surface area contributed by atoms with Crippen molar-refractivity contribution in [3.8, 4) is 11.5 Å². The fourth-order valence-electron chi connectivity index (χ4n) is 1.89. The number of phenolic OH excluding ortho intramolecular Hbond substituents is 2. The van der Waals surface area contributed by atoms with Crippen molar-refractivity contribution in [3.63, 3.8) is 0 Å². The summed E-state index contributed by atoms with van der Waals surface area (Å²) < 4.78 is 0.904. The molecule has 0 aliphatic heterocycles. The van der Waals surface area contributed by atoms with Crippen molar-refractivity contribution in [3.05, 3.63) is 58.1 Å². The first-order valence-electron chi connectivity index (χ1n) is 6.00. The van der Waals surface area contributed by atoms with Crippen LogP contribution in [0.4, 0.5) is 0 Å². The number of amides is 1. The van der Waals surface area contributed by atoms with Gasteiger partial charge >= 0.3 is 0 Å². The Labute approximate surface area is 125 Å². The third-order valence-electron chi connectivity index (χ3n) is 2.95. The minimum absolute atomic E-state index is 0.0814. The quantitative estimate of drug-likeness (QED) is 0.905. The number of carbonyl (C=O) groups excluding carboxylic acids is 1. The van der Waals surface area contributed by atoms with E-state index in [-0.39, 0.29) is 17.1 Å². The summed E-state index contributed by atoms with van der Waals surface area (Å²) in [7, 11) is 1.62. The highest BCUT2D eigenvalue weighted by Crippen LogP contribution is 2.28. The van der Waals surface area contributed by atoms with E-state index in [9.17, 15) is 15.0 Å². The van der Waals surface area contributed by atoms with E-state index in [0.29, 0.717) is 6.54 Å². The van der Waals surface area contributed by atoms with E-state index in [1.165, 1.54) is 23.1 Å². The molecule has 0 aliphatic rings. The molecule has 104 valence electrons. The molecule has 0 unspecified atom stereocenters. The maximum atomic E-state index is 12.3. The van der Waals surface area contributed by atoms with Gasteiger partial charge in [0.05, 0.1) is 0 Å². The molecule has 0 fully saturated rings. The van der Waals surface area contributed by atoms with Gasteiger partial charge in [-0.1, -0.05) is 40.2 Å². The fourth-order valence-corrected chi connectivity index (χ4v) is 2.30. The Bertz CT molecular complexity index is 623. The zero-order valence-electron chi connectivity index (χ0n) is 10.9. The van der Waals surface area contributed by atoms with E-state index in [0.717, 1.165) is 10.0 Å². The van der Waals surface area contributed by atoms with Gasteiger partial charge < -0.3 is 15.1 Å². The molecule has 0 heterocycles. The number of aromatic hydroxyl groups is 2. The highest BCUT2D eigenvalue weighted by molar-refractivity contribution is 9.10. The largest absolute Gasteiger partial charge is 0.507 e. The van der Waals surface area contributed by atoms with Gasteiger partial charge in [0, 0.05) is 18.1 Å². The van der Waals surface area contributed by atoms with Gasteiger partial charge in [0.15, 0.2) is 0 Å². The summed E-state index contributed by atoms with van der Waals surface area (Å²) in [6.07, 6.45) is 0. The molecule has 0 saturated carbocycles. The van der Waals surface area contributed by atoms with E-state index in [2.05, 4.69) is 15.9 Å². The molecule has 0 aliphatic carbocycles. The number of carbonyl (C=O) groups is 1. The Morgan fingerprint density at radius 1 is 1.10 bits per heavy atom. The van der Waals surface area contributed by atoms with E-state index in [1.807, 2.05) is 24.3 Å². The number of benzene rings is 2. The molecule has 0 saturated heterocycles. The lowest BCUT2D eigenvalue weighted by atomic mass is 10.1. The summed E-state index contributed by atoms with van der Waals surface area (Å²) in [6.45, 7) is 0.369. The first-order valence-corrected chi connectivity index (χ1v) is 6.80. The van der Waals surface area contributed by atoms with Crippen LogP contribution in [-0.2, 0) is 6.54 Å². The van der Waals surface area contributed by atoms with Gasteiger partial charge in [-0.3, -0.25) is 4.79 Å². The molecule has 20 heavy (non-hydrogen) atoms. The van der Waals surface area contributed by atoms with Gasteiger partial charge in [-0.05, 0) is 23.8 Å². The Hall–Kier alpha value is -2.01. The average Bonchev–Trinajstić information content (AvgIpc) is 2.41. The van der Waals surface area contributed by atoms with Crippen molar-refractivity contribution in [2.75, 3.05) is 7.05 Å². The number of hydrogen-bond acceptors (Lipinski definition) is 3. The second-order valence-electron chi connectivity index (χ2n) is 4.42. The molecule has 4 nitrogen and oxygen atoms in total. The molecule has 2 rings (SSSR count). The molecular weight excluding hydrogens is 322 g/mol. The Kier molecular flexibility index (Phi) is 4.29. The van der Waals surface area contributed by atoms with Crippen LogP contribution in [0.2, 0.25) is 0 Å². The van der Waals surface area contributed by atoms with Crippen LogP contribution in [0.3, 0.4) is 0 Å². The van der Waals surface area contributed by atoms with Crippen molar-refractivity contribution >= 4 is 21.8 Å². The number of hydrogen-bond donors (Lipinski definition) is 2. The van der Waals surface area contributed by atoms with Crippen LogP contribution in [-0.4, -0.2) is 28.1 Å². The SMILES string of the molecule is CN(Cc1ccccc1Br)C(=O)c1c(O)cccc1O. The van der Waals surface area contributed by atoms with Gasteiger partial charge in [0.2, 0.25) is 0 Å². The maximum absolute atomic E-state index is 12.3. The van der Waals surface area contributed by atoms with Gasteiger partial charge in [0.1, 0.15) is 17.1 Å². The van der Waals surface area contributed by atoms with Crippen LogP contribution < -0.4 is 0 Å². The second-order valence-corrected chi connectivity index (χ2v) is 5.28. The number of nitrogens with zero attached hydrogens (tertiary/aromatic N) is 1. The Morgan fingerprint density at radius 2 is 1.70 bits per heavy atom. The van der Waals surface area contributed by atoms with Crippen molar-refractivity contribution in [1.82, 2.24) is 4.90 Å². The minimum atomic E-state index is -0.434. The fraction of sp³-hybridized carbons (Fsp3) is 0.133. The van der Waals surface area contributed by atoms with Crippen molar-refractivity contribution < 1.29 is 15.0 Å². The monoisotopic (exact) mass is 335 g/mol. The van der Waals surface area contributed by atoms with E-state index >= 15 is 0 Å². The van der Waals surface area contributed by atoms with Crippen LogP contribution in [0.1, 0.15) is 15.9 Å². The molecular formula is C15H14BrNO3. The lowest BCUT2D eigenvalue weighted by Gasteiger charge is -2.19. The summed E-state index contributed by atoms with van der Waals surface area (Å²) in [4.78, 5) is 13.7. The summed E-state index contributed by atoms with van der Waals surface area (Å²) >= 11 is 3.42. The molecule has 2 aromatic carbocycles. The van der Waals surface area contributed by atoms with Crippen molar-refractivity contribution in [2.45, 2.75) is 6.54 Å². The standard InChI is InChI=1S/C15H14BrNO3/c1-17(9-10-5-2-3-6-11(10)16)15(20)14-12(18)7-4-8-13(14)19/h2-8,18-19H,9H2,1H3. The van der Waals surface area contributed by atoms with Crippen LogP contribution in [0.25, 0.3) is 0 Å². The molecule has 0 spiro atoms. The molecule has 5 heteroatoms. The molecule has 0 aromatic heterocycles. The zero-order valence-corrected chi connectivity index (χ0v) is 12.5. The van der Waals surface area contributed by atoms with Crippen LogP contribution >= 0.6 is 15.9 Å². The topological polar surface area (TPSA) is 60.8 Å². The minimum Gasteiger partial charge on any atom is -0.507 e. The summed E-state index contributed by atoms with van der Waals surface area (Å²) in [5.74, 6) is -0.890. The third-order valence-corrected chi connectivity index (χ3v) is 3.72. The predicted molar refractivity (Wildman–Crippen MR) is 79.7 cm³/mol. The second kappa shape index (κ2) is 5.96. The Balaban J connectivity index is 2.24.